The summed E-state index contributed by atoms with van der Waals surface area (Å²) in [5, 5.41) is 6.30. The first kappa shape index (κ1) is 18.5. The Labute approximate surface area is 155 Å². The van der Waals surface area contributed by atoms with Gasteiger partial charge in [0, 0.05) is 35.5 Å². The van der Waals surface area contributed by atoms with Crippen molar-refractivity contribution < 1.29 is 13.2 Å². The topological polar surface area (TPSA) is 79.4 Å². The molecule has 0 radical (unpaired) electrons. The van der Waals surface area contributed by atoms with Gasteiger partial charge in [0.2, 0.25) is 15.9 Å². The van der Waals surface area contributed by atoms with Gasteiger partial charge in [-0.2, -0.15) is 11.3 Å². The summed E-state index contributed by atoms with van der Waals surface area (Å²) in [5.41, 5.74) is 1.81. The van der Waals surface area contributed by atoms with Crippen molar-refractivity contribution in [2.45, 2.75) is 38.0 Å². The molecule has 0 spiro atoms. The number of amides is 1. The average molecular weight is 400 g/mol. The molecule has 2 aromatic heterocycles. The third-order valence-corrected chi connectivity index (χ3v) is 7.67. The highest BCUT2D eigenvalue weighted by atomic mass is 32.2. The lowest BCUT2D eigenvalue weighted by Crippen LogP contribution is -2.40. The molecule has 1 N–H and O–H groups in total. The highest BCUT2D eigenvalue weighted by Gasteiger charge is 2.35. The second kappa shape index (κ2) is 7.53. The molecule has 0 bridgehead atoms. The molecule has 0 unspecified atom stereocenters. The number of likely N-dealkylation sites (tertiary alicyclic amines) is 1. The summed E-state index contributed by atoms with van der Waals surface area (Å²) < 4.78 is 27.1. The van der Waals surface area contributed by atoms with E-state index in [1.165, 1.54) is 11.3 Å². The van der Waals surface area contributed by atoms with E-state index in [0.29, 0.717) is 13.0 Å². The Morgan fingerprint density at radius 2 is 2.24 bits per heavy atom. The van der Waals surface area contributed by atoms with Gasteiger partial charge in [-0.3, -0.25) is 4.79 Å². The van der Waals surface area contributed by atoms with Gasteiger partial charge in [-0.15, -0.1) is 11.3 Å². The van der Waals surface area contributed by atoms with E-state index < -0.39 is 15.3 Å². The van der Waals surface area contributed by atoms with Crippen LogP contribution in [0.2, 0.25) is 0 Å². The van der Waals surface area contributed by atoms with Crippen molar-refractivity contribution in [2.75, 3.05) is 13.1 Å². The lowest BCUT2D eigenvalue weighted by Gasteiger charge is -2.17. The molecule has 1 aliphatic heterocycles. The van der Waals surface area contributed by atoms with Crippen LogP contribution in [0, 0.1) is 0 Å². The summed E-state index contributed by atoms with van der Waals surface area (Å²) in [6.07, 6.45) is 0.691. The van der Waals surface area contributed by atoms with Gasteiger partial charge >= 0.3 is 0 Å². The second-order valence-electron chi connectivity index (χ2n) is 6.40. The minimum Gasteiger partial charge on any atom is -0.341 e. The van der Waals surface area contributed by atoms with E-state index in [2.05, 4.69) is 9.71 Å². The van der Waals surface area contributed by atoms with E-state index in [9.17, 15) is 13.2 Å². The molecule has 0 saturated carbocycles. The molecule has 1 amide bonds. The maximum Gasteiger partial charge on any atom is 0.228 e. The van der Waals surface area contributed by atoms with Crippen molar-refractivity contribution in [3.8, 4) is 10.6 Å². The fourth-order valence-electron chi connectivity index (χ4n) is 2.81. The zero-order valence-electron chi connectivity index (χ0n) is 14.1. The molecular formula is C16H21N3O3S3. The Hall–Kier alpha value is -1.29. The monoisotopic (exact) mass is 399 g/mol. The smallest absolute Gasteiger partial charge is 0.228 e. The number of thiophene rings is 1. The van der Waals surface area contributed by atoms with E-state index >= 15 is 0 Å². The quantitative estimate of drug-likeness (QED) is 0.809. The molecule has 0 aromatic carbocycles. The van der Waals surface area contributed by atoms with E-state index in [0.717, 1.165) is 16.3 Å². The number of hydrogen-bond donors (Lipinski definition) is 1. The Morgan fingerprint density at radius 3 is 2.92 bits per heavy atom. The maximum atomic E-state index is 12.5. The molecule has 3 heterocycles. The molecule has 136 valence electrons. The lowest BCUT2D eigenvalue weighted by atomic mass is 10.3. The highest BCUT2D eigenvalue weighted by molar-refractivity contribution is 7.90. The minimum atomic E-state index is -3.38. The van der Waals surface area contributed by atoms with E-state index in [1.54, 1.807) is 30.1 Å². The Kier molecular flexibility index (Phi) is 5.57. The van der Waals surface area contributed by atoms with E-state index in [4.69, 9.17) is 0 Å². The summed E-state index contributed by atoms with van der Waals surface area (Å²) in [4.78, 5) is 18.6. The molecule has 1 atom stereocenters. The number of carbonyl (C=O) groups is 1. The average Bonchev–Trinajstić information content (AvgIpc) is 3.27. The maximum absolute atomic E-state index is 12.5. The molecule has 6 nitrogen and oxygen atoms in total. The van der Waals surface area contributed by atoms with Crippen molar-refractivity contribution >= 4 is 38.6 Å². The van der Waals surface area contributed by atoms with Gasteiger partial charge < -0.3 is 4.90 Å². The van der Waals surface area contributed by atoms with Gasteiger partial charge in [0.1, 0.15) is 5.01 Å². The van der Waals surface area contributed by atoms with Gasteiger partial charge in [0.15, 0.2) is 0 Å². The zero-order chi connectivity index (χ0) is 18.0. The van der Waals surface area contributed by atoms with Crippen LogP contribution in [-0.2, 0) is 21.2 Å². The van der Waals surface area contributed by atoms with Gasteiger partial charge in [-0.25, -0.2) is 18.1 Å². The van der Waals surface area contributed by atoms with E-state index in [1.807, 2.05) is 22.2 Å². The summed E-state index contributed by atoms with van der Waals surface area (Å²) in [5.74, 6) is -0.0654. The van der Waals surface area contributed by atoms with Crippen LogP contribution < -0.4 is 4.72 Å². The van der Waals surface area contributed by atoms with Gasteiger partial charge in [-0.1, -0.05) is 0 Å². The summed E-state index contributed by atoms with van der Waals surface area (Å²) in [6, 6.07) is 1.87. The van der Waals surface area contributed by atoms with E-state index in [-0.39, 0.29) is 24.9 Å². The van der Waals surface area contributed by atoms with Crippen molar-refractivity contribution in [3.63, 3.8) is 0 Å². The lowest BCUT2D eigenvalue weighted by molar-refractivity contribution is -0.129. The third kappa shape index (κ3) is 4.46. The van der Waals surface area contributed by atoms with Crippen LogP contribution in [0.1, 0.15) is 26.0 Å². The molecule has 0 aliphatic carbocycles. The van der Waals surface area contributed by atoms with Crippen molar-refractivity contribution in [1.29, 1.82) is 0 Å². The largest absolute Gasteiger partial charge is 0.341 e. The molecule has 2 aromatic rings. The van der Waals surface area contributed by atoms with Gasteiger partial charge in [0.25, 0.3) is 0 Å². The summed E-state index contributed by atoms with van der Waals surface area (Å²) in [7, 11) is -3.38. The standard InChI is InChI=1S/C16H21N3O3S3/c1-11(2)18-25(21,22)14-3-5-19(8-14)15(20)7-13-10-24-16(17-13)12-4-6-23-9-12/h4,6,9-11,14,18H,3,5,7-8H2,1-2H3/t14-/m1/s1. The highest BCUT2D eigenvalue weighted by Crippen LogP contribution is 2.26. The number of carbonyl (C=O) groups excluding carboxylic acids is 1. The van der Waals surface area contributed by atoms with Crippen molar-refractivity contribution in [3.05, 3.63) is 27.9 Å². The molecule has 9 heteroatoms. The first-order valence-electron chi connectivity index (χ1n) is 8.11. The normalized spacial score (nSPS) is 18.2. The first-order chi connectivity index (χ1) is 11.8. The molecule has 1 fully saturated rings. The SMILES string of the molecule is CC(C)NS(=O)(=O)[C@@H]1CCN(C(=O)Cc2csc(-c3ccsc3)n2)C1. The zero-order valence-corrected chi connectivity index (χ0v) is 16.6. The second-order valence-corrected chi connectivity index (χ2v) is 10.0. The third-order valence-electron chi connectivity index (χ3n) is 3.99. The van der Waals surface area contributed by atoms with Crippen LogP contribution in [0.3, 0.4) is 0 Å². The molecule has 1 saturated heterocycles. The van der Waals surface area contributed by atoms with Crippen LogP contribution in [0.15, 0.2) is 22.2 Å². The predicted octanol–water partition coefficient (Wildman–Crippen LogP) is 2.34. The first-order valence-corrected chi connectivity index (χ1v) is 11.5. The van der Waals surface area contributed by atoms with Crippen LogP contribution in [0.4, 0.5) is 0 Å². The number of rotatable bonds is 6. The molecule has 25 heavy (non-hydrogen) atoms. The number of aromatic nitrogens is 1. The van der Waals surface area contributed by atoms with Crippen molar-refractivity contribution in [1.82, 2.24) is 14.6 Å². The molecule has 1 aliphatic rings. The Balaban J connectivity index is 1.60. The number of thiazole rings is 1. The summed E-state index contributed by atoms with van der Waals surface area (Å²) >= 11 is 3.14. The Morgan fingerprint density at radius 1 is 1.44 bits per heavy atom. The predicted molar refractivity (Wildman–Crippen MR) is 101 cm³/mol. The van der Waals surface area contributed by atoms with Gasteiger partial charge in [0.05, 0.1) is 17.4 Å². The number of hydrogen-bond acceptors (Lipinski definition) is 6. The fourth-order valence-corrected chi connectivity index (χ4v) is 5.98. The Bertz CT molecular complexity index is 828. The van der Waals surface area contributed by atoms with Crippen molar-refractivity contribution in [2.24, 2.45) is 0 Å². The molecular weight excluding hydrogens is 378 g/mol. The van der Waals surface area contributed by atoms with Crippen LogP contribution in [-0.4, -0.2) is 48.6 Å². The fraction of sp³-hybridized carbons (Fsp3) is 0.500. The van der Waals surface area contributed by atoms with Crippen LogP contribution in [0.25, 0.3) is 10.6 Å². The summed E-state index contributed by atoms with van der Waals surface area (Å²) in [6.45, 7) is 4.32. The molecule has 3 rings (SSSR count). The number of nitrogens with one attached hydrogen (secondary N) is 1. The van der Waals surface area contributed by atoms with Crippen LogP contribution in [0.5, 0.6) is 0 Å². The minimum absolute atomic E-state index is 0.0654. The van der Waals surface area contributed by atoms with Gasteiger partial charge in [-0.05, 0) is 31.7 Å². The van der Waals surface area contributed by atoms with Crippen LogP contribution >= 0.6 is 22.7 Å². The number of nitrogens with zero attached hydrogens (tertiary/aromatic N) is 2. The number of sulfonamides is 1.